The molecule has 2 saturated heterocycles. The summed E-state index contributed by atoms with van der Waals surface area (Å²) < 4.78 is 37.6. The average Bonchev–Trinajstić information content (AvgIpc) is 3.19. The van der Waals surface area contributed by atoms with Crippen LogP contribution in [0.2, 0.25) is 0 Å². The zero-order chi connectivity index (χ0) is 18.4. The van der Waals surface area contributed by atoms with Gasteiger partial charge in [0.2, 0.25) is 10.0 Å². The Morgan fingerprint density at radius 2 is 1.88 bits per heavy atom. The van der Waals surface area contributed by atoms with Crippen molar-refractivity contribution >= 4 is 15.9 Å². The second-order valence-electron chi connectivity index (χ2n) is 6.66. The minimum atomic E-state index is -3.44. The Bertz CT molecular complexity index is 693. The molecule has 0 saturated carbocycles. The lowest BCUT2D eigenvalue weighted by atomic mass is 10.2. The lowest BCUT2D eigenvalue weighted by Gasteiger charge is -2.25. The molecular weight excluding hydrogens is 356 g/mol. The maximum atomic E-state index is 12.6. The maximum Gasteiger partial charge on any atom is 0.258 e. The van der Waals surface area contributed by atoms with E-state index in [9.17, 15) is 13.2 Å². The van der Waals surface area contributed by atoms with Crippen molar-refractivity contribution in [3.63, 3.8) is 0 Å². The molecule has 1 aromatic rings. The summed E-state index contributed by atoms with van der Waals surface area (Å²) in [4.78, 5) is 12.1. The standard InChI is InChI=1S/C18H26N2O5S/c21-18(19-13-16-5-4-12-24-16)14-25-15-6-8-17(9-7-15)26(22,23)20-10-2-1-3-11-20/h6-9,16H,1-5,10-14H2,(H,19,21)/t16-/m1/s1. The third-order valence-electron chi connectivity index (χ3n) is 4.70. The third-order valence-corrected chi connectivity index (χ3v) is 6.61. The van der Waals surface area contributed by atoms with Crippen LogP contribution >= 0.6 is 0 Å². The number of hydrogen-bond acceptors (Lipinski definition) is 5. The molecule has 0 radical (unpaired) electrons. The number of ether oxygens (including phenoxy) is 2. The number of piperidine rings is 1. The highest BCUT2D eigenvalue weighted by Crippen LogP contribution is 2.22. The van der Waals surface area contributed by atoms with Gasteiger partial charge in [0.05, 0.1) is 11.0 Å². The van der Waals surface area contributed by atoms with Gasteiger partial charge in [0, 0.05) is 26.2 Å². The zero-order valence-electron chi connectivity index (χ0n) is 14.9. The van der Waals surface area contributed by atoms with Crippen molar-refractivity contribution < 1.29 is 22.7 Å². The fourth-order valence-corrected chi connectivity index (χ4v) is 4.71. The molecule has 0 spiro atoms. The van der Waals surface area contributed by atoms with Crippen LogP contribution in [0.5, 0.6) is 5.75 Å². The van der Waals surface area contributed by atoms with E-state index in [1.165, 1.54) is 16.4 Å². The summed E-state index contributed by atoms with van der Waals surface area (Å²) in [7, 11) is -3.44. The van der Waals surface area contributed by atoms with Crippen LogP contribution in [-0.2, 0) is 19.6 Å². The van der Waals surface area contributed by atoms with Gasteiger partial charge in [-0.2, -0.15) is 4.31 Å². The lowest BCUT2D eigenvalue weighted by molar-refractivity contribution is -0.123. The largest absolute Gasteiger partial charge is 0.484 e. The molecule has 0 aromatic heterocycles. The predicted molar refractivity (Wildman–Crippen MR) is 96.5 cm³/mol. The Kier molecular flexibility index (Phi) is 6.50. The Balaban J connectivity index is 1.48. The van der Waals surface area contributed by atoms with Gasteiger partial charge in [-0.1, -0.05) is 6.42 Å². The van der Waals surface area contributed by atoms with Gasteiger partial charge in [0.15, 0.2) is 6.61 Å². The Labute approximate surface area is 154 Å². The number of carbonyl (C=O) groups excluding carboxylic acids is 1. The van der Waals surface area contributed by atoms with Crippen molar-refractivity contribution in [2.75, 3.05) is 32.8 Å². The normalized spacial score (nSPS) is 21.5. The smallest absolute Gasteiger partial charge is 0.258 e. The summed E-state index contributed by atoms with van der Waals surface area (Å²) in [6, 6.07) is 6.24. The van der Waals surface area contributed by atoms with Gasteiger partial charge in [-0.15, -0.1) is 0 Å². The monoisotopic (exact) mass is 382 g/mol. The van der Waals surface area contributed by atoms with Crippen molar-refractivity contribution in [1.82, 2.24) is 9.62 Å². The predicted octanol–water partition coefficient (Wildman–Crippen LogP) is 1.54. The Morgan fingerprint density at radius 3 is 2.54 bits per heavy atom. The van der Waals surface area contributed by atoms with E-state index in [-0.39, 0.29) is 23.5 Å². The lowest BCUT2D eigenvalue weighted by Crippen LogP contribution is -2.35. The first-order valence-corrected chi connectivity index (χ1v) is 10.6. The summed E-state index contributed by atoms with van der Waals surface area (Å²) in [5, 5.41) is 2.78. The maximum absolute atomic E-state index is 12.6. The molecular formula is C18H26N2O5S. The molecule has 2 fully saturated rings. The van der Waals surface area contributed by atoms with Gasteiger partial charge in [-0.25, -0.2) is 8.42 Å². The molecule has 2 aliphatic rings. The number of amides is 1. The number of hydrogen-bond donors (Lipinski definition) is 1. The minimum Gasteiger partial charge on any atom is -0.484 e. The highest BCUT2D eigenvalue weighted by atomic mass is 32.2. The van der Waals surface area contributed by atoms with Crippen molar-refractivity contribution in [3.8, 4) is 5.75 Å². The van der Waals surface area contributed by atoms with E-state index in [1.54, 1.807) is 12.1 Å². The topological polar surface area (TPSA) is 84.9 Å². The van der Waals surface area contributed by atoms with Crippen LogP contribution in [0.1, 0.15) is 32.1 Å². The van der Waals surface area contributed by atoms with E-state index in [0.29, 0.717) is 25.4 Å². The van der Waals surface area contributed by atoms with E-state index >= 15 is 0 Å². The van der Waals surface area contributed by atoms with Crippen molar-refractivity contribution in [1.29, 1.82) is 0 Å². The van der Waals surface area contributed by atoms with Crippen LogP contribution in [0.4, 0.5) is 0 Å². The van der Waals surface area contributed by atoms with Crippen LogP contribution in [0, 0.1) is 0 Å². The molecule has 144 valence electrons. The van der Waals surface area contributed by atoms with E-state index in [0.717, 1.165) is 38.7 Å². The van der Waals surface area contributed by atoms with Crippen LogP contribution in [0.25, 0.3) is 0 Å². The van der Waals surface area contributed by atoms with E-state index in [2.05, 4.69) is 5.32 Å². The summed E-state index contributed by atoms with van der Waals surface area (Å²) in [5.41, 5.74) is 0. The van der Waals surface area contributed by atoms with Gasteiger partial charge in [0.1, 0.15) is 5.75 Å². The number of nitrogens with one attached hydrogen (secondary N) is 1. The average molecular weight is 382 g/mol. The fraction of sp³-hybridized carbons (Fsp3) is 0.611. The third kappa shape index (κ3) is 4.96. The van der Waals surface area contributed by atoms with Gasteiger partial charge in [-0.3, -0.25) is 4.79 Å². The highest BCUT2D eigenvalue weighted by Gasteiger charge is 2.25. The molecule has 0 unspecified atom stereocenters. The summed E-state index contributed by atoms with van der Waals surface area (Å²) in [5.74, 6) is 0.250. The van der Waals surface area contributed by atoms with Gasteiger partial charge >= 0.3 is 0 Å². The quantitative estimate of drug-likeness (QED) is 0.773. The molecule has 2 aliphatic heterocycles. The van der Waals surface area contributed by atoms with E-state index < -0.39 is 10.0 Å². The van der Waals surface area contributed by atoms with Gasteiger partial charge in [0.25, 0.3) is 5.91 Å². The van der Waals surface area contributed by atoms with E-state index in [4.69, 9.17) is 9.47 Å². The number of carbonyl (C=O) groups is 1. The van der Waals surface area contributed by atoms with Crippen molar-refractivity contribution in [3.05, 3.63) is 24.3 Å². The molecule has 3 rings (SSSR count). The zero-order valence-corrected chi connectivity index (χ0v) is 15.7. The SMILES string of the molecule is O=C(COc1ccc(S(=O)(=O)N2CCCCC2)cc1)NC[C@H]1CCCO1. The molecule has 0 bridgehead atoms. The van der Waals surface area contributed by atoms with Crippen molar-refractivity contribution in [2.45, 2.75) is 43.1 Å². The molecule has 1 amide bonds. The number of sulfonamides is 1. The van der Waals surface area contributed by atoms with Crippen LogP contribution < -0.4 is 10.1 Å². The highest BCUT2D eigenvalue weighted by molar-refractivity contribution is 7.89. The second-order valence-corrected chi connectivity index (χ2v) is 8.60. The fourth-order valence-electron chi connectivity index (χ4n) is 3.20. The first-order chi connectivity index (χ1) is 12.6. The molecule has 2 heterocycles. The second kappa shape index (κ2) is 8.83. The summed E-state index contributed by atoms with van der Waals surface area (Å²) in [6.45, 7) is 2.29. The number of rotatable bonds is 7. The Morgan fingerprint density at radius 1 is 1.15 bits per heavy atom. The van der Waals surface area contributed by atoms with E-state index in [1.807, 2.05) is 0 Å². The minimum absolute atomic E-state index is 0.0956. The number of nitrogens with zero attached hydrogens (tertiary/aromatic N) is 1. The van der Waals surface area contributed by atoms with Gasteiger partial charge < -0.3 is 14.8 Å². The van der Waals surface area contributed by atoms with Crippen LogP contribution in [0.15, 0.2) is 29.2 Å². The van der Waals surface area contributed by atoms with Crippen LogP contribution in [-0.4, -0.2) is 57.6 Å². The van der Waals surface area contributed by atoms with Crippen molar-refractivity contribution in [2.24, 2.45) is 0 Å². The number of benzene rings is 1. The van der Waals surface area contributed by atoms with Gasteiger partial charge in [-0.05, 0) is 49.9 Å². The molecule has 8 heteroatoms. The molecule has 0 aliphatic carbocycles. The molecule has 1 atom stereocenters. The summed E-state index contributed by atoms with van der Waals surface area (Å²) >= 11 is 0. The molecule has 1 N–H and O–H groups in total. The first-order valence-electron chi connectivity index (χ1n) is 9.17. The first kappa shape index (κ1) is 19.1. The molecule has 7 nitrogen and oxygen atoms in total. The molecule has 1 aromatic carbocycles. The Hall–Kier alpha value is -1.64. The summed E-state index contributed by atoms with van der Waals surface area (Å²) in [6.07, 6.45) is 4.98. The van der Waals surface area contributed by atoms with Crippen LogP contribution in [0.3, 0.4) is 0 Å². The molecule has 26 heavy (non-hydrogen) atoms.